The zero-order chi connectivity index (χ0) is 14.6. The van der Waals surface area contributed by atoms with E-state index in [0.717, 1.165) is 12.6 Å². The van der Waals surface area contributed by atoms with E-state index in [0.29, 0.717) is 12.0 Å². The van der Waals surface area contributed by atoms with Gasteiger partial charge in [0.05, 0.1) is 0 Å². The molecule has 0 aliphatic rings. The number of rotatable bonds is 6. The first-order chi connectivity index (χ1) is 8.77. The van der Waals surface area contributed by atoms with Crippen molar-refractivity contribution in [3.8, 4) is 0 Å². The Morgan fingerprint density at radius 1 is 1.16 bits per heavy atom. The molecule has 1 rings (SSSR count). The summed E-state index contributed by atoms with van der Waals surface area (Å²) in [6.07, 6.45) is 0.591. The molecule has 1 aromatic carbocycles. The molecule has 19 heavy (non-hydrogen) atoms. The molecule has 108 valence electrons. The van der Waals surface area contributed by atoms with Crippen LogP contribution in [0.4, 0.5) is 8.78 Å². The fourth-order valence-corrected chi connectivity index (χ4v) is 2.09. The van der Waals surface area contributed by atoms with Gasteiger partial charge in [0.1, 0.15) is 11.6 Å². The van der Waals surface area contributed by atoms with Crippen molar-refractivity contribution in [1.29, 1.82) is 0 Å². The number of hydrogen-bond acceptors (Lipinski definition) is 2. The van der Waals surface area contributed by atoms with E-state index in [1.165, 1.54) is 12.1 Å². The normalized spacial score (nSPS) is 13.9. The summed E-state index contributed by atoms with van der Waals surface area (Å²) in [7, 11) is 4.02. The van der Waals surface area contributed by atoms with Crippen molar-refractivity contribution < 1.29 is 8.78 Å². The first-order valence-corrected chi connectivity index (χ1v) is 6.63. The van der Waals surface area contributed by atoms with Gasteiger partial charge in [0.25, 0.3) is 0 Å². The summed E-state index contributed by atoms with van der Waals surface area (Å²) in [5.74, 6) is -1.04. The van der Waals surface area contributed by atoms with Crippen LogP contribution in [-0.4, -0.2) is 37.1 Å². The van der Waals surface area contributed by atoms with Gasteiger partial charge >= 0.3 is 0 Å². The van der Waals surface area contributed by atoms with Gasteiger partial charge in [0.15, 0.2) is 0 Å². The molecule has 0 amide bonds. The van der Waals surface area contributed by atoms with E-state index < -0.39 is 11.6 Å². The molecule has 0 aliphatic carbocycles. The minimum atomic E-state index is -0.520. The first kappa shape index (κ1) is 16.1. The van der Waals surface area contributed by atoms with E-state index in [4.69, 9.17) is 0 Å². The highest BCUT2D eigenvalue weighted by Gasteiger charge is 2.31. The highest BCUT2D eigenvalue weighted by Crippen LogP contribution is 2.20. The second-order valence-electron chi connectivity index (χ2n) is 5.64. The fourth-order valence-electron chi connectivity index (χ4n) is 2.09. The minimum Gasteiger partial charge on any atom is -0.312 e. The summed E-state index contributed by atoms with van der Waals surface area (Å²) in [5, 5.41) is 3.41. The van der Waals surface area contributed by atoms with Crippen molar-refractivity contribution in [2.45, 2.75) is 38.8 Å². The SMILES string of the molecule is CCNC(Cc1cc(F)cc(F)c1)C(C)(C)N(C)C. The van der Waals surface area contributed by atoms with Gasteiger partial charge in [-0.3, -0.25) is 0 Å². The van der Waals surface area contributed by atoms with E-state index in [9.17, 15) is 8.78 Å². The largest absolute Gasteiger partial charge is 0.312 e. The van der Waals surface area contributed by atoms with Crippen molar-refractivity contribution in [2.75, 3.05) is 20.6 Å². The Bertz CT molecular complexity index is 396. The van der Waals surface area contributed by atoms with Gasteiger partial charge in [-0.1, -0.05) is 6.92 Å². The van der Waals surface area contributed by atoms with Crippen LogP contribution in [0.15, 0.2) is 18.2 Å². The maximum atomic E-state index is 13.2. The smallest absolute Gasteiger partial charge is 0.126 e. The van der Waals surface area contributed by atoms with Gasteiger partial charge in [-0.15, -0.1) is 0 Å². The number of hydrogen-bond donors (Lipinski definition) is 1. The van der Waals surface area contributed by atoms with E-state index in [1.807, 2.05) is 21.0 Å². The summed E-state index contributed by atoms with van der Waals surface area (Å²) in [4.78, 5) is 2.12. The van der Waals surface area contributed by atoms with Crippen LogP contribution < -0.4 is 5.32 Å². The second kappa shape index (κ2) is 6.44. The molecule has 0 aliphatic heterocycles. The van der Waals surface area contributed by atoms with Crippen LogP contribution in [0.25, 0.3) is 0 Å². The molecule has 0 radical (unpaired) electrons. The molecular formula is C15H24F2N2. The standard InChI is InChI=1S/C15H24F2N2/c1-6-18-14(15(2,3)19(4)5)9-11-7-12(16)10-13(17)8-11/h7-8,10,14,18H,6,9H2,1-5H3. The van der Waals surface area contributed by atoms with Gasteiger partial charge in [0, 0.05) is 17.6 Å². The van der Waals surface area contributed by atoms with Crippen LogP contribution in [0.3, 0.4) is 0 Å². The molecule has 1 unspecified atom stereocenters. The van der Waals surface area contributed by atoms with Crippen molar-refractivity contribution in [1.82, 2.24) is 10.2 Å². The topological polar surface area (TPSA) is 15.3 Å². The number of likely N-dealkylation sites (N-methyl/N-ethyl adjacent to an activating group) is 2. The maximum Gasteiger partial charge on any atom is 0.126 e. The summed E-state index contributed by atoms with van der Waals surface area (Å²) in [6, 6.07) is 3.83. The number of benzene rings is 1. The quantitative estimate of drug-likeness (QED) is 0.855. The number of nitrogens with zero attached hydrogens (tertiary/aromatic N) is 1. The van der Waals surface area contributed by atoms with Crippen LogP contribution in [-0.2, 0) is 6.42 Å². The van der Waals surface area contributed by atoms with Crippen LogP contribution in [0.1, 0.15) is 26.3 Å². The molecule has 1 N–H and O–H groups in total. The van der Waals surface area contributed by atoms with Gasteiger partial charge in [-0.2, -0.15) is 0 Å². The van der Waals surface area contributed by atoms with Crippen LogP contribution >= 0.6 is 0 Å². The molecule has 0 fully saturated rings. The third kappa shape index (κ3) is 4.25. The van der Waals surface area contributed by atoms with Gasteiger partial charge in [0.2, 0.25) is 0 Å². The Morgan fingerprint density at radius 3 is 2.11 bits per heavy atom. The van der Waals surface area contributed by atoms with Gasteiger partial charge in [-0.05, 0) is 58.6 Å². The van der Waals surface area contributed by atoms with E-state index in [-0.39, 0.29) is 11.6 Å². The van der Waals surface area contributed by atoms with Crippen molar-refractivity contribution in [3.05, 3.63) is 35.4 Å². The van der Waals surface area contributed by atoms with E-state index in [2.05, 4.69) is 24.1 Å². The van der Waals surface area contributed by atoms with Gasteiger partial charge in [-0.25, -0.2) is 8.78 Å². The average Bonchev–Trinajstić information content (AvgIpc) is 2.26. The summed E-state index contributed by atoms with van der Waals surface area (Å²) in [5.41, 5.74) is 0.567. The molecule has 1 atom stereocenters. The number of nitrogens with one attached hydrogen (secondary N) is 1. The summed E-state index contributed by atoms with van der Waals surface area (Å²) < 4.78 is 26.5. The zero-order valence-corrected chi connectivity index (χ0v) is 12.4. The summed E-state index contributed by atoms with van der Waals surface area (Å²) in [6.45, 7) is 7.09. The van der Waals surface area contributed by atoms with Crippen LogP contribution in [0.5, 0.6) is 0 Å². The average molecular weight is 270 g/mol. The fraction of sp³-hybridized carbons (Fsp3) is 0.600. The Morgan fingerprint density at radius 2 is 1.68 bits per heavy atom. The zero-order valence-electron chi connectivity index (χ0n) is 12.4. The lowest BCUT2D eigenvalue weighted by molar-refractivity contribution is 0.138. The van der Waals surface area contributed by atoms with Crippen LogP contribution in [0.2, 0.25) is 0 Å². The highest BCUT2D eigenvalue weighted by molar-refractivity contribution is 5.20. The molecule has 0 spiro atoms. The van der Waals surface area contributed by atoms with E-state index >= 15 is 0 Å². The Kier molecular flexibility index (Phi) is 5.44. The highest BCUT2D eigenvalue weighted by atomic mass is 19.1. The minimum absolute atomic E-state index is 0.112. The molecular weight excluding hydrogens is 246 g/mol. The predicted octanol–water partition coefficient (Wildman–Crippen LogP) is 2.83. The van der Waals surface area contributed by atoms with Crippen molar-refractivity contribution >= 4 is 0 Å². The van der Waals surface area contributed by atoms with E-state index in [1.54, 1.807) is 0 Å². The molecule has 4 heteroatoms. The lowest BCUT2D eigenvalue weighted by Crippen LogP contribution is -2.56. The summed E-state index contributed by atoms with van der Waals surface area (Å²) >= 11 is 0. The second-order valence-corrected chi connectivity index (χ2v) is 5.64. The molecule has 0 aromatic heterocycles. The number of halogens is 2. The Balaban J connectivity index is 2.95. The lowest BCUT2D eigenvalue weighted by atomic mass is 9.88. The van der Waals surface area contributed by atoms with Gasteiger partial charge < -0.3 is 10.2 Å². The molecule has 1 aromatic rings. The third-order valence-corrected chi connectivity index (χ3v) is 3.82. The van der Waals surface area contributed by atoms with Crippen molar-refractivity contribution in [2.24, 2.45) is 0 Å². The van der Waals surface area contributed by atoms with Crippen molar-refractivity contribution in [3.63, 3.8) is 0 Å². The molecule has 0 saturated heterocycles. The van der Waals surface area contributed by atoms with Crippen LogP contribution in [0, 0.1) is 11.6 Å². The Labute approximate surface area is 114 Å². The monoisotopic (exact) mass is 270 g/mol. The molecule has 0 bridgehead atoms. The predicted molar refractivity (Wildman–Crippen MR) is 75.3 cm³/mol. The molecule has 0 heterocycles. The maximum absolute atomic E-state index is 13.2. The third-order valence-electron chi connectivity index (χ3n) is 3.82. The Hall–Kier alpha value is -1.00. The lowest BCUT2D eigenvalue weighted by Gasteiger charge is -2.40. The molecule has 2 nitrogen and oxygen atoms in total. The first-order valence-electron chi connectivity index (χ1n) is 6.63. The molecule has 0 saturated carbocycles.